The number of thiol groups is 1. The fourth-order valence-electron chi connectivity index (χ4n) is 2.06. The zero-order valence-corrected chi connectivity index (χ0v) is 14.9. The van der Waals surface area contributed by atoms with Crippen molar-refractivity contribution in [3.8, 4) is 0 Å². The number of nitrogens with one attached hydrogen (secondary N) is 1. The van der Waals surface area contributed by atoms with E-state index in [0.29, 0.717) is 0 Å². The predicted octanol–water partition coefficient (Wildman–Crippen LogP) is 0.967. The molecule has 0 fully saturated rings. The molecule has 9 heteroatoms. The molecule has 0 saturated heterocycles. The van der Waals surface area contributed by atoms with E-state index in [1.165, 1.54) is 12.1 Å². The highest BCUT2D eigenvalue weighted by atomic mass is 32.2. The van der Waals surface area contributed by atoms with Crippen molar-refractivity contribution in [2.75, 3.05) is 18.9 Å². The van der Waals surface area contributed by atoms with Crippen LogP contribution in [0.15, 0.2) is 30.3 Å². The maximum atomic E-state index is 12.3. The molecule has 24 heavy (non-hydrogen) atoms. The summed E-state index contributed by atoms with van der Waals surface area (Å²) >= 11 is 4.03. The molecule has 1 aromatic carbocycles. The molecule has 134 valence electrons. The Morgan fingerprint density at radius 1 is 1.29 bits per heavy atom. The molecule has 0 heterocycles. The molecule has 0 saturated carbocycles. The average molecular weight is 375 g/mol. The second-order valence-electron chi connectivity index (χ2n) is 4.96. The van der Waals surface area contributed by atoms with Gasteiger partial charge in [-0.1, -0.05) is 30.3 Å². The molecule has 2 atom stereocenters. The van der Waals surface area contributed by atoms with E-state index in [9.17, 15) is 22.6 Å². The minimum absolute atomic E-state index is 0.0209. The number of esters is 1. The zero-order valence-electron chi connectivity index (χ0n) is 13.2. The summed E-state index contributed by atoms with van der Waals surface area (Å²) in [6, 6.07) is 7.13. The van der Waals surface area contributed by atoms with Crippen LogP contribution < -0.4 is 5.32 Å². The van der Waals surface area contributed by atoms with Gasteiger partial charge in [-0.2, -0.15) is 21.0 Å². The van der Waals surface area contributed by atoms with Crippen LogP contribution in [-0.2, 0) is 19.6 Å². The molecular weight excluding hydrogens is 354 g/mol. The Labute approximate surface area is 146 Å². The Morgan fingerprint density at radius 3 is 2.42 bits per heavy atom. The van der Waals surface area contributed by atoms with Gasteiger partial charge in [-0.3, -0.25) is 14.1 Å². The zero-order chi connectivity index (χ0) is 18.2. The van der Waals surface area contributed by atoms with Crippen LogP contribution in [-0.4, -0.2) is 54.9 Å². The number of ether oxygens (including phenoxy) is 1. The highest BCUT2D eigenvalue weighted by Gasteiger charge is 2.31. The molecule has 0 spiro atoms. The number of hydrogen-bond donors (Lipinski definition) is 3. The summed E-state index contributed by atoms with van der Waals surface area (Å²) in [7, 11) is -4.57. The number of benzene rings is 1. The van der Waals surface area contributed by atoms with Gasteiger partial charge in [0.15, 0.2) is 11.0 Å². The molecule has 1 unspecified atom stereocenters. The lowest BCUT2D eigenvalue weighted by Crippen LogP contribution is -2.42. The monoisotopic (exact) mass is 375 g/mol. The Hall–Kier alpha value is -1.42. The van der Waals surface area contributed by atoms with Crippen molar-refractivity contribution < 1.29 is 27.3 Å². The third-order valence-electron chi connectivity index (χ3n) is 3.26. The van der Waals surface area contributed by atoms with Crippen molar-refractivity contribution in [3.05, 3.63) is 35.9 Å². The summed E-state index contributed by atoms with van der Waals surface area (Å²) in [6.07, 6.45) is -0.184. The van der Waals surface area contributed by atoms with Gasteiger partial charge in [-0.25, -0.2) is 0 Å². The highest BCUT2D eigenvalue weighted by Crippen LogP contribution is 2.13. The highest BCUT2D eigenvalue weighted by molar-refractivity contribution is 7.87. The summed E-state index contributed by atoms with van der Waals surface area (Å²) in [6.45, 7) is 1.90. The van der Waals surface area contributed by atoms with E-state index in [0.717, 1.165) is 0 Å². The van der Waals surface area contributed by atoms with Crippen LogP contribution in [0.4, 0.5) is 0 Å². The quantitative estimate of drug-likeness (QED) is 0.242. The predicted molar refractivity (Wildman–Crippen MR) is 93.0 cm³/mol. The van der Waals surface area contributed by atoms with Crippen molar-refractivity contribution in [3.63, 3.8) is 0 Å². The fraction of sp³-hybridized carbons (Fsp3) is 0.467. The topological polar surface area (TPSA) is 110 Å². The third kappa shape index (κ3) is 6.23. The molecule has 0 aliphatic rings. The number of carbonyl (C=O) groups excluding carboxylic acids is 2. The number of carbonyl (C=O) groups is 2. The van der Waals surface area contributed by atoms with Gasteiger partial charge in [-0.15, -0.1) is 0 Å². The maximum absolute atomic E-state index is 12.3. The lowest BCUT2D eigenvalue weighted by atomic mass is 10.1. The van der Waals surface area contributed by atoms with Gasteiger partial charge >= 0.3 is 5.97 Å². The van der Waals surface area contributed by atoms with E-state index in [1.807, 2.05) is 0 Å². The van der Waals surface area contributed by atoms with Crippen molar-refractivity contribution in [2.45, 2.75) is 24.6 Å². The molecule has 1 aromatic rings. The minimum atomic E-state index is -4.57. The van der Waals surface area contributed by atoms with Crippen LogP contribution in [0.1, 0.15) is 23.7 Å². The van der Waals surface area contributed by atoms with Crippen molar-refractivity contribution >= 4 is 34.5 Å². The first-order valence-electron chi connectivity index (χ1n) is 7.37. The van der Waals surface area contributed by atoms with Crippen molar-refractivity contribution in [2.24, 2.45) is 0 Å². The maximum Gasteiger partial charge on any atom is 0.323 e. The summed E-state index contributed by atoms with van der Waals surface area (Å²) < 4.78 is 37.2. The average Bonchev–Trinajstić information content (AvgIpc) is 2.54. The molecule has 1 rings (SSSR count). The van der Waals surface area contributed by atoms with E-state index in [2.05, 4.69) is 17.9 Å². The Kier molecular flexibility index (Phi) is 8.40. The lowest BCUT2D eigenvalue weighted by molar-refractivity contribution is -0.144. The fourth-order valence-corrected chi connectivity index (χ4v) is 3.16. The van der Waals surface area contributed by atoms with Gasteiger partial charge in [0.2, 0.25) is 0 Å². The van der Waals surface area contributed by atoms with E-state index < -0.39 is 33.2 Å². The molecule has 0 radical (unpaired) electrons. The molecule has 0 aromatic heterocycles. The van der Waals surface area contributed by atoms with Crippen LogP contribution in [0.5, 0.6) is 0 Å². The molecule has 7 nitrogen and oxygen atoms in total. The van der Waals surface area contributed by atoms with E-state index in [-0.39, 0.29) is 30.9 Å². The first-order valence-corrected chi connectivity index (χ1v) is 9.51. The number of rotatable bonds is 10. The number of Topliss-reactive ketones (excluding diaryl/α,β-unsaturated/α-hetero) is 1. The van der Waals surface area contributed by atoms with E-state index in [4.69, 9.17) is 4.74 Å². The van der Waals surface area contributed by atoms with Crippen LogP contribution in [0, 0.1) is 0 Å². The second-order valence-corrected chi connectivity index (χ2v) is 6.93. The van der Waals surface area contributed by atoms with Crippen LogP contribution >= 0.6 is 12.6 Å². The van der Waals surface area contributed by atoms with Crippen LogP contribution in [0.2, 0.25) is 0 Å². The van der Waals surface area contributed by atoms with Crippen molar-refractivity contribution in [1.82, 2.24) is 5.32 Å². The third-order valence-corrected chi connectivity index (χ3v) is 4.80. The second kappa shape index (κ2) is 9.77. The van der Waals surface area contributed by atoms with Gasteiger partial charge in [-0.05, 0) is 19.9 Å². The molecule has 0 amide bonds. The van der Waals surface area contributed by atoms with E-state index in [1.54, 1.807) is 25.1 Å². The normalized spacial score (nSPS) is 14.0. The molecular formula is C15H21NO6S2. The number of ketones is 1. The van der Waals surface area contributed by atoms with Crippen molar-refractivity contribution in [1.29, 1.82) is 0 Å². The Balaban J connectivity index is 2.75. The molecule has 0 aliphatic heterocycles. The Bertz CT molecular complexity index is 647. The van der Waals surface area contributed by atoms with Gasteiger partial charge in [0.05, 0.1) is 6.61 Å². The molecule has 0 aliphatic carbocycles. The van der Waals surface area contributed by atoms with Crippen LogP contribution in [0.3, 0.4) is 0 Å². The minimum Gasteiger partial charge on any atom is -0.465 e. The molecule has 2 N–H and O–H groups in total. The smallest absolute Gasteiger partial charge is 0.323 e. The summed E-state index contributed by atoms with van der Waals surface area (Å²) in [5.41, 5.74) is 0.191. The van der Waals surface area contributed by atoms with Gasteiger partial charge < -0.3 is 10.1 Å². The van der Waals surface area contributed by atoms with Gasteiger partial charge in [0.25, 0.3) is 10.1 Å². The SMILES string of the molecule is CCOC(=O)[C@H](CS)NCCC(C(=O)c1ccccc1)S(=O)(=O)O. The van der Waals surface area contributed by atoms with Gasteiger partial charge in [0, 0.05) is 11.3 Å². The van der Waals surface area contributed by atoms with Crippen LogP contribution in [0.25, 0.3) is 0 Å². The first kappa shape index (κ1) is 20.6. The van der Waals surface area contributed by atoms with E-state index >= 15 is 0 Å². The summed E-state index contributed by atoms with van der Waals surface area (Å²) in [4.78, 5) is 23.9. The Morgan fingerprint density at radius 2 is 1.92 bits per heavy atom. The summed E-state index contributed by atoms with van der Waals surface area (Å²) in [5, 5.41) is 1.18. The standard InChI is InChI=1S/C15H21NO6S2/c1-2-22-15(18)12(10-23)16-9-8-13(24(19,20)21)14(17)11-6-4-3-5-7-11/h3-7,12-13,16,23H,2,8-10H2,1H3,(H,19,20,21)/t12-,13?/m0/s1. The lowest BCUT2D eigenvalue weighted by Gasteiger charge is -2.17. The molecule has 0 bridgehead atoms. The first-order chi connectivity index (χ1) is 11.3. The summed E-state index contributed by atoms with van der Waals surface area (Å²) in [5.74, 6) is -1.05. The van der Waals surface area contributed by atoms with Gasteiger partial charge in [0.1, 0.15) is 6.04 Å². The largest absolute Gasteiger partial charge is 0.465 e. The number of hydrogen-bond acceptors (Lipinski definition) is 7.